The van der Waals surface area contributed by atoms with Crippen LogP contribution in [0.2, 0.25) is 0 Å². The third-order valence-electron chi connectivity index (χ3n) is 3.55. The average molecular weight is 358 g/mol. The van der Waals surface area contributed by atoms with Crippen LogP contribution >= 0.6 is 11.8 Å². The largest absolute Gasteiger partial charge is 0.497 e. The topological polar surface area (TPSA) is 75.7 Å². The van der Waals surface area contributed by atoms with Gasteiger partial charge in [0.1, 0.15) is 5.75 Å². The van der Waals surface area contributed by atoms with E-state index in [4.69, 9.17) is 4.74 Å². The molecule has 1 aromatic rings. The lowest BCUT2D eigenvalue weighted by molar-refractivity contribution is -0.118. The van der Waals surface area contributed by atoms with E-state index in [1.807, 2.05) is 24.3 Å². The Hall–Kier alpha value is -1.25. The van der Waals surface area contributed by atoms with Crippen LogP contribution in [-0.4, -0.2) is 56.9 Å². The van der Waals surface area contributed by atoms with Crippen molar-refractivity contribution in [2.24, 2.45) is 0 Å². The first-order valence-electron chi connectivity index (χ1n) is 7.52. The molecule has 1 amide bonds. The molecule has 0 spiro atoms. The molecule has 1 aliphatic heterocycles. The molecule has 8 heteroatoms. The zero-order valence-electron chi connectivity index (χ0n) is 13.2. The number of rotatable bonds is 8. The van der Waals surface area contributed by atoms with Gasteiger partial charge in [-0.1, -0.05) is 6.07 Å². The summed E-state index contributed by atoms with van der Waals surface area (Å²) < 4.78 is 30.7. The van der Waals surface area contributed by atoms with Crippen LogP contribution in [0.3, 0.4) is 0 Å². The zero-order chi connectivity index (χ0) is 16.7. The lowest BCUT2D eigenvalue weighted by atomic mass is 10.3. The summed E-state index contributed by atoms with van der Waals surface area (Å²) in [5, 5.41) is 2.66. The van der Waals surface area contributed by atoms with Gasteiger partial charge in [-0.05, 0) is 31.0 Å². The normalized spacial score (nSPS) is 15.5. The van der Waals surface area contributed by atoms with Crippen molar-refractivity contribution in [3.8, 4) is 5.75 Å². The van der Waals surface area contributed by atoms with Crippen LogP contribution < -0.4 is 10.1 Å². The molecule has 1 aliphatic rings. The molecule has 0 unspecified atom stereocenters. The highest BCUT2D eigenvalue weighted by molar-refractivity contribution is 8.00. The lowest BCUT2D eigenvalue weighted by Crippen LogP contribution is -2.36. The number of benzene rings is 1. The van der Waals surface area contributed by atoms with E-state index in [9.17, 15) is 13.2 Å². The Bertz CT molecular complexity index is 628. The van der Waals surface area contributed by atoms with Crippen LogP contribution in [-0.2, 0) is 14.8 Å². The van der Waals surface area contributed by atoms with Crippen LogP contribution in [0, 0.1) is 0 Å². The quantitative estimate of drug-likeness (QED) is 0.710. The number of sulfonamides is 1. The van der Waals surface area contributed by atoms with E-state index >= 15 is 0 Å². The molecular weight excluding hydrogens is 336 g/mol. The first-order valence-corrected chi connectivity index (χ1v) is 10.1. The number of methoxy groups -OCH3 is 1. The number of carbonyl (C=O) groups excluding carboxylic acids is 1. The van der Waals surface area contributed by atoms with Crippen LogP contribution in [0.25, 0.3) is 0 Å². The molecule has 0 atom stereocenters. The Balaban J connectivity index is 1.70. The minimum Gasteiger partial charge on any atom is -0.497 e. The number of ether oxygens (including phenoxy) is 1. The van der Waals surface area contributed by atoms with Crippen LogP contribution in [0.4, 0.5) is 0 Å². The van der Waals surface area contributed by atoms with Gasteiger partial charge < -0.3 is 10.1 Å². The Morgan fingerprint density at radius 3 is 2.78 bits per heavy atom. The number of amides is 1. The summed E-state index contributed by atoms with van der Waals surface area (Å²) in [6, 6.07) is 7.46. The third kappa shape index (κ3) is 5.71. The predicted octanol–water partition coefficient (Wildman–Crippen LogP) is 1.33. The monoisotopic (exact) mass is 358 g/mol. The van der Waals surface area contributed by atoms with Crippen molar-refractivity contribution in [2.45, 2.75) is 17.7 Å². The number of carbonyl (C=O) groups is 1. The summed E-state index contributed by atoms with van der Waals surface area (Å²) in [7, 11) is -1.64. The smallest absolute Gasteiger partial charge is 0.230 e. The first-order chi connectivity index (χ1) is 11.0. The Morgan fingerprint density at radius 2 is 2.09 bits per heavy atom. The second-order valence-electron chi connectivity index (χ2n) is 5.24. The summed E-state index contributed by atoms with van der Waals surface area (Å²) in [5.41, 5.74) is 0. The van der Waals surface area contributed by atoms with Gasteiger partial charge in [0.25, 0.3) is 0 Å². The maximum atomic E-state index is 12.0. The Labute approximate surface area is 141 Å². The van der Waals surface area contributed by atoms with Crippen molar-refractivity contribution >= 4 is 27.7 Å². The molecular formula is C15H22N2O4S2. The third-order valence-corrected chi connectivity index (χ3v) is 6.42. The Morgan fingerprint density at radius 1 is 1.35 bits per heavy atom. The second kappa shape index (κ2) is 8.56. The summed E-state index contributed by atoms with van der Waals surface area (Å²) >= 11 is 1.39. The summed E-state index contributed by atoms with van der Waals surface area (Å²) in [6.07, 6.45) is 1.84. The predicted molar refractivity (Wildman–Crippen MR) is 91.3 cm³/mol. The van der Waals surface area contributed by atoms with Crippen LogP contribution in [0.5, 0.6) is 5.75 Å². The summed E-state index contributed by atoms with van der Waals surface area (Å²) in [6.45, 7) is 1.35. The fraction of sp³-hybridized carbons (Fsp3) is 0.533. The van der Waals surface area contributed by atoms with E-state index < -0.39 is 10.0 Å². The van der Waals surface area contributed by atoms with Crippen molar-refractivity contribution in [1.82, 2.24) is 9.62 Å². The minimum absolute atomic E-state index is 0.0391. The molecule has 0 aliphatic carbocycles. The maximum absolute atomic E-state index is 12.0. The highest BCUT2D eigenvalue weighted by Gasteiger charge is 2.24. The van der Waals surface area contributed by atoms with Crippen molar-refractivity contribution in [1.29, 1.82) is 0 Å². The molecule has 0 aromatic heterocycles. The maximum Gasteiger partial charge on any atom is 0.230 e. The number of hydrogen-bond donors (Lipinski definition) is 1. The first kappa shape index (κ1) is 18.1. The fourth-order valence-electron chi connectivity index (χ4n) is 2.31. The van der Waals surface area contributed by atoms with Crippen LogP contribution in [0.1, 0.15) is 12.8 Å². The lowest BCUT2D eigenvalue weighted by Gasteiger charge is -2.15. The van der Waals surface area contributed by atoms with E-state index in [0.717, 1.165) is 23.5 Å². The molecule has 0 radical (unpaired) electrons. The molecule has 2 rings (SSSR count). The highest BCUT2D eigenvalue weighted by Crippen LogP contribution is 2.22. The van der Waals surface area contributed by atoms with Crippen LogP contribution in [0.15, 0.2) is 29.2 Å². The van der Waals surface area contributed by atoms with Gasteiger partial charge in [-0.25, -0.2) is 12.7 Å². The van der Waals surface area contributed by atoms with Crippen molar-refractivity contribution in [2.75, 3.05) is 38.2 Å². The van der Waals surface area contributed by atoms with Crippen molar-refractivity contribution in [3.05, 3.63) is 24.3 Å². The molecule has 1 fully saturated rings. The summed E-state index contributed by atoms with van der Waals surface area (Å²) in [5.74, 6) is 0.779. The molecule has 6 nitrogen and oxygen atoms in total. The van der Waals surface area contributed by atoms with E-state index in [2.05, 4.69) is 5.32 Å². The number of nitrogens with zero attached hydrogens (tertiary/aromatic N) is 1. The zero-order valence-corrected chi connectivity index (χ0v) is 14.8. The van der Waals surface area contributed by atoms with Gasteiger partial charge in [0.2, 0.25) is 15.9 Å². The SMILES string of the molecule is COc1cccc(SCC(=O)NCCS(=O)(=O)N2CCCC2)c1. The van der Waals surface area contributed by atoms with Gasteiger partial charge in [0.05, 0.1) is 18.6 Å². The number of hydrogen-bond acceptors (Lipinski definition) is 5. The molecule has 1 saturated heterocycles. The highest BCUT2D eigenvalue weighted by atomic mass is 32.2. The molecule has 0 bridgehead atoms. The average Bonchev–Trinajstić information content (AvgIpc) is 3.08. The molecule has 128 valence electrons. The molecule has 1 heterocycles. The van der Waals surface area contributed by atoms with Crippen molar-refractivity contribution in [3.63, 3.8) is 0 Å². The van der Waals surface area contributed by atoms with Gasteiger partial charge in [-0.3, -0.25) is 4.79 Å². The van der Waals surface area contributed by atoms with Gasteiger partial charge >= 0.3 is 0 Å². The standard InChI is InChI=1S/C15H22N2O4S2/c1-21-13-5-4-6-14(11-13)22-12-15(18)16-7-10-23(19,20)17-8-2-3-9-17/h4-6,11H,2-3,7-10,12H2,1H3,(H,16,18). The molecule has 1 N–H and O–H groups in total. The van der Waals surface area contributed by atoms with Crippen molar-refractivity contribution < 1.29 is 17.9 Å². The van der Waals surface area contributed by atoms with Gasteiger partial charge in [-0.15, -0.1) is 11.8 Å². The second-order valence-corrected chi connectivity index (χ2v) is 8.38. The molecule has 1 aromatic carbocycles. The number of thioether (sulfide) groups is 1. The van der Waals surface area contributed by atoms with Gasteiger partial charge in [0, 0.05) is 24.5 Å². The number of nitrogens with one attached hydrogen (secondary N) is 1. The Kier molecular flexibility index (Phi) is 6.73. The molecule has 0 saturated carbocycles. The van der Waals surface area contributed by atoms with E-state index in [-0.39, 0.29) is 24.0 Å². The minimum atomic E-state index is -3.24. The van der Waals surface area contributed by atoms with Gasteiger partial charge in [0.15, 0.2) is 0 Å². The fourth-order valence-corrected chi connectivity index (χ4v) is 4.51. The van der Waals surface area contributed by atoms with E-state index in [1.54, 1.807) is 7.11 Å². The van der Waals surface area contributed by atoms with Gasteiger partial charge in [-0.2, -0.15) is 0 Å². The molecule has 23 heavy (non-hydrogen) atoms. The van der Waals surface area contributed by atoms with E-state index in [1.165, 1.54) is 16.1 Å². The van der Waals surface area contributed by atoms with E-state index in [0.29, 0.717) is 13.1 Å². The summed E-state index contributed by atoms with van der Waals surface area (Å²) in [4.78, 5) is 12.7.